The van der Waals surface area contributed by atoms with E-state index in [1.807, 2.05) is 6.08 Å². The van der Waals surface area contributed by atoms with Crippen LogP contribution in [0.2, 0.25) is 0 Å². The number of carbonyl (C=O) groups is 1. The Morgan fingerprint density at radius 3 is 2.76 bits per heavy atom. The zero-order valence-electron chi connectivity index (χ0n) is 15.9. The third kappa shape index (κ3) is 4.06. The first-order chi connectivity index (χ1) is 13.9. The fraction of sp³-hybridized carbons (Fsp3) is 0.368. The maximum atomic E-state index is 13.3. The maximum absolute atomic E-state index is 13.3. The zero-order chi connectivity index (χ0) is 20.6. The minimum atomic E-state index is -3.92. The molecule has 2 aliphatic heterocycles. The topological polar surface area (TPSA) is 82.6 Å². The van der Waals surface area contributed by atoms with Gasteiger partial charge in [-0.05, 0) is 55.1 Å². The molecule has 0 aliphatic carbocycles. The molecule has 1 N–H and O–H groups in total. The molecule has 29 heavy (non-hydrogen) atoms. The minimum absolute atomic E-state index is 0.150. The molecule has 0 radical (unpaired) electrons. The van der Waals surface area contributed by atoms with Gasteiger partial charge in [-0.2, -0.15) is 12.8 Å². The summed E-state index contributed by atoms with van der Waals surface area (Å²) in [5.74, 6) is -0.150. The van der Waals surface area contributed by atoms with Crippen LogP contribution in [0.3, 0.4) is 0 Å². The molecule has 1 aromatic carbocycles. The molecular formula is C19H21BrN4O3S2. The molecule has 7 nitrogen and oxygen atoms in total. The average Bonchev–Trinajstić information content (AvgIpc) is 3.16. The number of amides is 1. The lowest BCUT2D eigenvalue weighted by molar-refractivity contribution is 0.0725. The molecule has 2 aromatic rings. The lowest BCUT2D eigenvalue weighted by atomic mass is 10.1. The number of halogens is 1. The predicted molar refractivity (Wildman–Crippen MR) is 118 cm³/mol. The normalized spacial score (nSPS) is 17.0. The standard InChI is InChI=1S/C19H21BrN4O3S2/c1-23-10-7-17-15(12-21-28-17)19(23)29(26,27)22-16-11-13(20)5-6-14(16)18(25)24-8-3-2-4-9-24/h5-7,11-12,22H,2-4,8-10H2,1H3. The molecule has 1 saturated heterocycles. The minimum Gasteiger partial charge on any atom is -0.360 e. The number of rotatable bonds is 4. The van der Waals surface area contributed by atoms with Crippen LogP contribution in [0.25, 0.3) is 11.1 Å². The van der Waals surface area contributed by atoms with Gasteiger partial charge in [-0.1, -0.05) is 15.9 Å². The SMILES string of the molecule is CN1CC=c2sncc2=C1S(=O)(=O)Nc1cc(Br)ccc1C(=O)N1CCCCC1. The van der Waals surface area contributed by atoms with Gasteiger partial charge in [0.25, 0.3) is 15.9 Å². The summed E-state index contributed by atoms with van der Waals surface area (Å²) in [5.41, 5.74) is 0.628. The summed E-state index contributed by atoms with van der Waals surface area (Å²) in [6.07, 6.45) is 6.58. The molecule has 10 heteroatoms. The van der Waals surface area contributed by atoms with Crippen molar-refractivity contribution in [2.45, 2.75) is 19.3 Å². The monoisotopic (exact) mass is 496 g/mol. The second kappa shape index (κ2) is 8.08. The molecule has 0 bridgehead atoms. The summed E-state index contributed by atoms with van der Waals surface area (Å²) in [5, 5.41) is 0.746. The smallest absolute Gasteiger partial charge is 0.277 e. The molecule has 1 aromatic heterocycles. The van der Waals surface area contributed by atoms with E-state index in [1.165, 1.54) is 11.5 Å². The van der Waals surface area contributed by atoms with Crippen molar-refractivity contribution in [3.05, 3.63) is 44.2 Å². The van der Waals surface area contributed by atoms with Gasteiger partial charge in [-0.25, -0.2) is 0 Å². The van der Waals surface area contributed by atoms with Crippen LogP contribution in [0.1, 0.15) is 29.6 Å². The van der Waals surface area contributed by atoms with Crippen molar-refractivity contribution >= 4 is 60.2 Å². The van der Waals surface area contributed by atoms with Gasteiger partial charge >= 0.3 is 0 Å². The predicted octanol–water partition coefficient (Wildman–Crippen LogP) is 1.77. The molecular weight excluding hydrogens is 476 g/mol. The van der Waals surface area contributed by atoms with Crippen LogP contribution < -0.4 is 14.5 Å². The van der Waals surface area contributed by atoms with E-state index >= 15 is 0 Å². The Morgan fingerprint density at radius 1 is 1.24 bits per heavy atom. The van der Waals surface area contributed by atoms with Crippen molar-refractivity contribution < 1.29 is 13.2 Å². The summed E-state index contributed by atoms with van der Waals surface area (Å²) < 4.78 is 35.0. The fourth-order valence-electron chi connectivity index (χ4n) is 3.66. The Kier molecular flexibility index (Phi) is 5.67. The van der Waals surface area contributed by atoms with Gasteiger partial charge in [0.1, 0.15) is 0 Å². The molecule has 0 saturated carbocycles. The van der Waals surface area contributed by atoms with Gasteiger partial charge in [0.05, 0.1) is 22.0 Å². The lowest BCUT2D eigenvalue weighted by Crippen LogP contribution is -2.40. The van der Waals surface area contributed by atoms with Gasteiger partial charge in [-0.15, -0.1) is 0 Å². The van der Waals surface area contributed by atoms with Crippen LogP contribution in [-0.4, -0.2) is 55.2 Å². The molecule has 154 valence electrons. The number of piperidine rings is 1. The Balaban J connectivity index is 1.75. The molecule has 0 unspecified atom stereocenters. The third-order valence-corrected chi connectivity index (χ3v) is 7.90. The summed E-state index contributed by atoms with van der Waals surface area (Å²) in [6.45, 7) is 1.87. The highest BCUT2D eigenvalue weighted by atomic mass is 79.9. The number of aromatic nitrogens is 1. The van der Waals surface area contributed by atoms with Crippen molar-refractivity contribution in [2.75, 3.05) is 31.4 Å². The van der Waals surface area contributed by atoms with Crippen LogP contribution in [0.15, 0.2) is 28.9 Å². The molecule has 3 heterocycles. The van der Waals surface area contributed by atoms with E-state index in [2.05, 4.69) is 25.0 Å². The molecule has 0 spiro atoms. The Bertz CT molecular complexity index is 1170. The van der Waals surface area contributed by atoms with E-state index in [0.29, 0.717) is 34.9 Å². The first-order valence-corrected chi connectivity index (χ1v) is 12.4. The number of nitrogens with zero attached hydrogens (tertiary/aromatic N) is 3. The largest absolute Gasteiger partial charge is 0.360 e. The number of likely N-dealkylation sites (tertiary alicyclic amines) is 1. The second-order valence-electron chi connectivity index (χ2n) is 7.14. The first-order valence-electron chi connectivity index (χ1n) is 9.35. The molecule has 1 fully saturated rings. The van der Waals surface area contributed by atoms with Crippen LogP contribution in [0.5, 0.6) is 0 Å². The third-order valence-electron chi connectivity index (χ3n) is 5.08. The van der Waals surface area contributed by atoms with E-state index in [-0.39, 0.29) is 16.6 Å². The Morgan fingerprint density at radius 2 is 2.00 bits per heavy atom. The number of hydrogen-bond acceptors (Lipinski definition) is 6. The number of anilines is 1. The first kappa shape index (κ1) is 20.4. The Labute approximate surface area is 182 Å². The average molecular weight is 497 g/mol. The number of hydrogen-bond donors (Lipinski definition) is 1. The van der Waals surface area contributed by atoms with Crippen LogP contribution >= 0.6 is 27.5 Å². The summed E-state index contributed by atoms with van der Waals surface area (Å²) in [7, 11) is -2.20. The number of carbonyl (C=O) groups excluding carboxylic acids is 1. The zero-order valence-corrected chi connectivity index (χ0v) is 19.1. The fourth-order valence-corrected chi connectivity index (χ4v) is 6.25. The molecule has 2 aliphatic rings. The summed E-state index contributed by atoms with van der Waals surface area (Å²) in [6, 6.07) is 5.06. The highest BCUT2D eigenvalue weighted by Crippen LogP contribution is 2.27. The summed E-state index contributed by atoms with van der Waals surface area (Å²) >= 11 is 4.66. The van der Waals surface area contributed by atoms with Gasteiger partial charge in [0, 0.05) is 36.4 Å². The maximum Gasteiger partial charge on any atom is 0.277 e. The van der Waals surface area contributed by atoms with Gasteiger partial charge in [0.15, 0.2) is 5.03 Å². The number of fused-ring (bicyclic) bond motifs is 1. The number of benzene rings is 1. The van der Waals surface area contributed by atoms with Crippen LogP contribution in [0, 0.1) is 0 Å². The van der Waals surface area contributed by atoms with Gasteiger partial charge in [0.2, 0.25) is 0 Å². The van der Waals surface area contributed by atoms with Crippen molar-refractivity contribution in [2.24, 2.45) is 0 Å². The number of nitrogens with one attached hydrogen (secondary N) is 1. The van der Waals surface area contributed by atoms with E-state index < -0.39 is 10.0 Å². The van der Waals surface area contributed by atoms with Crippen molar-refractivity contribution in [1.82, 2.24) is 14.2 Å². The van der Waals surface area contributed by atoms with E-state index in [1.54, 1.807) is 41.2 Å². The number of sulfonamides is 1. The van der Waals surface area contributed by atoms with Crippen molar-refractivity contribution in [1.29, 1.82) is 0 Å². The van der Waals surface area contributed by atoms with E-state index in [0.717, 1.165) is 23.8 Å². The molecule has 1 amide bonds. The van der Waals surface area contributed by atoms with Crippen LogP contribution in [-0.2, 0) is 10.0 Å². The molecule has 0 atom stereocenters. The Hall–Kier alpha value is -1.91. The quantitative estimate of drug-likeness (QED) is 0.697. The second-order valence-corrected chi connectivity index (χ2v) is 10.5. The van der Waals surface area contributed by atoms with Gasteiger partial charge < -0.3 is 9.80 Å². The summed E-state index contributed by atoms with van der Waals surface area (Å²) in [4.78, 5) is 16.5. The highest BCUT2D eigenvalue weighted by Gasteiger charge is 2.28. The lowest BCUT2D eigenvalue weighted by Gasteiger charge is -2.28. The molecule has 4 rings (SSSR count). The van der Waals surface area contributed by atoms with Gasteiger partial charge in [-0.3, -0.25) is 9.52 Å². The highest BCUT2D eigenvalue weighted by molar-refractivity contribution is 9.10. The van der Waals surface area contributed by atoms with Crippen molar-refractivity contribution in [3.63, 3.8) is 0 Å². The van der Waals surface area contributed by atoms with Crippen molar-refractivity contribution in [3.8, 4) is 0 Å². The van der Waals surface area contributed by atoms with Crippen LogP contribution in [0.4, 0.5) is 5.69 Å². The van der Waals surface area contributed by atoms with E-state index in [4.69, 9.17) is 0 Å². The van der Waals surface area contributed by atoms with E-state index in [9.17, 15) is 13.2 Å².